The topological polar surface area (TPSA) is 124 Å². The molecule has 8 heteroatoms. The van der Waals surface area contributed by atoms with Crippen molar-refractivity contribution < 1.29 is 28.0 Å². The van der Waals surface area contributed by atoms with Crippen molar-refractivity contribution in [1.29, 1.82) is 0 Å². The van der Waals surface area contributed by atoms with E-state index in [1.165, 1.54) is 128 Å². The largest absolute Gasteiger partial charge is 0.387 e. The van der Waals surface area contributed by atoms with Crippen LogP contribution in [0.4, 0.5) is 0 Å². The summed E-state index contributed by atoms with van der Waals surface area (Å²) >= 11 is 0. The molecule has 0 aliphatic rings. The third-order valence-corrected chi connectivity index (χ3v) is 9.35. The Kier molecular flexibility index (Phi) is 30.0. The van der Waals surface area contributed by atoms with Crippen LogP contribution in [0.1, 0.15) is 187 Å². The first-order valence-corrected chi connectivity index (χ1v) is 20.1. The first kappa shape index (κ1) is 43.0. The molecule has 0 aromatic heterocycles. The second-order valence-electron chi connectivity index (χ2n) is 13.0. The first-order chi connectivity index (χ1) is 21.2. The number of nitrogens with one attached hydrogen (secondary N) is 1. The number of allylic oxidation sites excluding steroid dienone is 1. The van der Waals surface area contributed by atoms with Gasteiger partial charge >= 0.3 is 0 Å². The molecule has 0 heterocycles. The van der Waals surface area contributed by atoms with E-state index in [1.807, 2.05) is 0 Å². The minimum Gasteiger partial charge on any atom is -0.387 e. The normalized spacial score (nSPS) is 14.2. The van der Waals surface area contributed by atoms with Crippen LogP contribution in [-0.4, -0.2) is 53.1 Å². The molecule has 0 radical (unpaired) electrons. The lowest BCUT2D eigenvalue weighted by Gasteiger charge is -2.22. The molecule has 0 bridgehead atoms. The molecule has 3 unspecified atom stereocenters. The van der Waals surface area contributed by atoms with E-state index in [-0.39, 0.29) is 6.42 Å². The molecule has 3 atom stereocenters. The van der Waals surface area contributed by atoms with Crippen molar-refractivity contribution in [2.75, 3.05) is 5.75 Å². The third-order valence-electron chi connectivity index (χ3n) is 8.57. The number of carbonyl (C=O) groups is 1. The van der Waals surface area contributed by atoms with Crippen LogP contribution in [0.3, 0.4) is 0 Å². The maximum atomic E-state index is 12.5. The van der Waals surface area contributed by atoms with E-state index in [1.54, 1.807) is 6.08 Å². The quantitative estimate of drug-likeness (QED) is 0.0320. The Labute approximate surface area is 272 Å². The van der Waals surface area contributed by atoms with E-state index in [0.717, 1.165) is 38.5 Å². The number of aliphatic hydroxyl groups excluding tert-OH is 2. The highest BCUT2D eigenvalue weighted by atomic mass is 32.2. The minimum absolute atomic E-state index is 0.285. The summed E-state index contributed by atoms with van der Waals surface area (Å²) in [4.78, 5) is 12.5. The van der Waals surface area contributed by atoms with E-state index in [0.29, 0.717) is 6.42 Å². The first-order valence-electron chi connectivity index (χ1n) is 18.5. The van der Waals surface area contributed by atoms with Crippen LogP contribution >= 0.6 is 0 Å². The van der Waals surface area contributed by atoms with Gasteiger partial charge in [0.05, 0.1) is 17.9 Å². The van der Waals surface area contributed by atoms with E-state index in [9.17, 15) is 28.0 Å². The fourth-order valence-corrected chi connectivity index (χ4v) is 6.43. The van der Waals surface area contributed by atoms with Crippen molar-refractivity contribution >= 4 is 16.0 Å². The highest BCUT2D eigenvalue weighted by Crippen LogP contribution is 2.15. The van der Waals surface area contributed by atoms with Crippen LogP contribution in [0.5, 0.6) is 0 Å². The van der Waals surface area contributed by atoms with Gasteiger partial charge in [-0.05, 0) is 19.3 Å². The second kappa shape index (κ2) is 30.7. The molecule has 0 aliphatic carbocycles. The number of aliphatic hydroxyl groups is 2. The number of rotatable bonds is 33. The van der Waals surface area contributed by atoms with Gasteiger partial charge in [-0.25, -0.2) is 0 Å². The van der Waals surface area contributed by atoms with Crippen molar-refractivity contribution in [2.24, 2.45) is 0 Å². The van der Waals surface area contributed by atoms with Gasteiger partial charge in [-0.1, -0.05) is 180 Å². The molecule has 1 amide bonds. The molecule has 0 aliphatic heterocycles. The summed E-state index contributed by atoms with van der Waals surface area (Å²) < 4.78 is 32.4. The van der Waals surface area contributed by atoms with Crippen molar-refractivity contribution in [1.82, 2.24) is 5.32 Å². The molecule has 0 saturated carbocycles. The van der Waals surface area contributed by atoms with Crippen molar-refractivity contribution in [3.63, 3.8) is 0 Å². The zero-order valence-corrected chi connectivity index (χ0v) is 29.5. The van der Waals surface area contributed by atoms with Crippen LogP contribution in [0.25, 0.3) is 0 Å². The minimum atomic E-state index is -4.43. The Bertz CT molecular complexity index is 773. The number of carbonyl (C=O) groups excluding carboxylic acids is 1. The average molecular weight is 646 g/mol. The number of hydrogen-bond acceptors (Lipinski definition) is 5. The molecule has 0 saturated heterocycles. The molecule has 7 nitrogen and oxygen atoms in total. The fraction of sp³-hybridized carbons (Fsp3) is 0.917. The molecular formula is C36H71NO6S. The van der Waals surface area contributed by atoms with Crippen LogP contribution in [-0.2, 0) is 14.9 Å². The molecule has 4 N–H and O–H groups in total. The van der Waals surface area contributed by atoms with Gasteiger partial charge in [0.2, 0.25) is 5.91 Å². The van der Waals surface area contributed by atoms with Gasteiger partial charge in [0, 0.05) is 0 Å². The Morgan fingerprint density at radius 2 is 0.977 bits per heavy atom. The molecule has 0 spiro atoms. The van der Waals surface area contributed by atoms with E-state index in [4.69, 9.17) is 0 Å². The zero-order valence-electron chi connectivity index (χ0n) is 28.7. The van der Waals surface area contributed by atoms with Gasteiger partial charge in [0.25, 0.3) is 10.1 Å². The van der Waals surface area contributed by atoms with Crippen molar-refractivity contribution in [3.05, 3.63) is 12.2 Å². The van der Waals surface area contributed by atoms with Crippen molar-refractivity contribution in [2.45, 2.75) is 205 Å². The Hall–Kier alpha value is -0.960. The molecular weight excluding hydrogens is 574 g/mol. The Balaban J connectivity index is 4.10. The summed E-state index contributed by atoms with van der Waals surface area (Å²) in [5.74, 6) is -1.53. The monoisotopic (exact) mass is 646 g/mol. The number of amides is 1. The maximum Gasteiger partial charge on any atom is 0.267 e. The number of unbranched alkanes of at least 4 members (excludes halogenated alkanes) is 24. The van der Waals surface area contributed by atoms with Crippen LogP contribution in [0, 0.1) is 0 Å². The molecule has 0 aromatic rings. The smallest absolute Gasteiger partial charge is 0.267 e. The third kappa shape index (κ3) is 29.7. The fourth-order valence-electron chi connectivity index (χ4n) is 5.69. The number of hydrogen-bond donors (Lipinski definition) is 4. The Morgan fingerprint density at radius 1 is 0.614 bits per heavy atom. The lowest BCUT2D eigenvalue weighted by Crippen LogP contribution is -2.50. The highest BCUT2D eigenvalue weighted by Gasteiger charge is 2.27. The summed E-state index contributed by atoms with van der Waals surface area (Å²) in [5.41, 5.74) is 0. The lowest BCUT2D eigenvalue weighted by molar-refractivity contribution is -0.130. The lowest BCUT2D eigenvalue weighted by atomic mass is 10.0. The molecule has 0 aromatic carbocycles. The van der Waals surface area contributed by atoms with Gasteiger partial charge in [0.15, 0.2) is 0 Å². The van der Waals surface area contributed by atoms with E-state index >= 15 is 0 Å². The summed E-state index contributed by atoms with van der Waals surface area (Å²) in [6.07, 6.45) is 32.6. The highest BCUT2D eigenvalue weighted by molar-refractivity contribution is 7.85. The standard InChI is InChI=1S/C36H71NO6S/c1-3-5-7-9-11-13-15-17-19-21-23-25-27-29-31-35(39)36(40)37-33(32-44(41,42)43)34(38)30-28-26-24-22-20-18-16-14-12-10-8-6-4-2/h28,30,33-35,38-39H,3-27,29,31-32H2,1-2H3,(H,37,40)(H,41,42,43)/b30-28+. The molecule has 0 fully saturated rings. The van der Waals surface area contributed by atoms with E-state index in [2.05, 4.69) is 19.2 Å². The molecule has 0 rings (SSSR count). The van der Waals surface area contributed by atoms with Crippen LogP contribution < -0.4 is 5.32 Å². The summed E-state index contributed by atoms with van der Waals surface area (Å²) in [7, 11) is -4.43. The summed E-state index contributed by atoms with van der Waals surface area (Å²) in [5, 5.41) is 23.3. The summed E-state index contributed by atoms with van der Waals surface area (Å²) in [6, 6.07) is -1.22. The van der Waals surface area contributed by atoms with Crippen LogP contribution in [0.2, 0.25) is 0 Å². The zero-order chi connectivity index (χ0) is 32.7. The van der Waals surface area contributed by atoms with Gasteiger partial charge in [-0.15, -0.1) is 0 Å². The van der Waals surface area contributed by atoms with Gasteiger partial charge in [-0.2, -0.15) is 8.42 Å². The second-order valence-corrected chi connectivity index (χ2v) is 14.5. The SMILES string of the molecule is CCCCCCCCCCCCC/C=C/C(O)C(CS(=O)(=O)O)NC(=O)C(O)CCCCCCCCCCCCCCCC. The van der Waals surface area contributed by atoms with Crippen LogP contribution in [0.15, 0.2) is 12.2 Å². The van der Waals surface area contributed by atoms with Gasteiger partial charge in [-0.3, -0.25) is 9.35 Å². The Morgan fingerprint density at radius 3 is 1.36 bits per heavy atom. The van der Waals surface area contributed by atoms with Gasteiger partial charge < -0.3 is 15.5 Å². The van der Waals surface area contributed by atoms with Crippen molar-refractivity contribution in [3.8, 4) is 0 Å². The predicted molar refractivity (Wildman–Crippen MR) is 186 cm³/mol. The average Bonchev–Trinajstić information content (AvgIpc) is 2.98. The predicted octanol–water partition coefficient (Wildman–Crippen LogP) is 9.21. The van der Waals surface area contributed by atoms with E-state index < -0.39 is 40.0 Å². The summed E-state index contributed by atoms with van der Waals surface area (Å²) in [6.45, 7) is 4.48. The maximum absolute atomic E-state index is 12.5. The molecule has 44 heavy (non-hydrogen) atoms. The molecule has 262 valence electrons. The van der Waals surface area contributed by atoms with Gasteiger partial charge in [0.1, 0.15) is 6.10 Å².